The molecule has 0 radical (unpaired) electrons. The Morgan fingerprint density at radius 1 is 1.22 bits per heavy atom. The zero-order valence-corrected chi connectivity index (χ0v) is 19.7. The van der Waals surface area contributed by atoms with Crippen molar-refractivity contribution in [2.75, 3.05) is 47.2 Å². The highest BCUT2D eigenvalue weighted by molar-refractivity contribution is 14.0. The second-order valence-electron chi connectivity index (χ2n) is 6.68. The average Bonchev–Trinajstić information content (AvgIpc) is 2.68. The molecule has 1 saturated heterocycles. The Bertz CT molecular complexity index is 617. The molecule has 0 atom stereocenters. The van der Waals surface area contributed by atoms with Crippen molar-refractivity contribution < 1.29 is 9.53 Å². The molecule has 1 aliphatic heterocycles. The smallest absolute Gasteiger partial charge is 0.253 e. The van der Waals surface area contributed by atoms with E-state index >= 15 is 0 Å². The molecule has 2 N–H and O–H groups in total. The molecule has 1 fully saturated rings. The number of halogens is 1. The van der Waals surface area contributed by atoms with Crippen molar-refractivity contribution >= 4 is 47.6 Å². The first kappa shape index (κ1) is 24.0. The molecule has 1 aromatic rings. The number of nitrogens with one attached hydrogen (secondary N) is 2. The van der Waals surface area contributed by atoms with Crippen LogP contribution in [-0.4, -0.2) is 68.7 Å². The van der Waals surface area contributed by atoms with Crippen LogP contribution in [0.25, 0.3) is 0 Å². The lowest BCUT2D eigenvalue weighted by molar-refractivity contribution is 0.0782. The van der Waals surface area contributed by atoms with Crippen LogP contribution in [0, 0.1) is 0 Å². The van der Waals surface area contributed by atoms with Crippen LogP contribution in [0.1, 0.15) is 28.8 Å². The van der Waals surface area contributed by atoms with Crippen molar-refractivity contribution in [1.82, 2.24) is 15.5 Å². The van der Waals surface area contributed by atoms with E-state index in [-0.39, 0.29) is 34.6 Å². The summed E-state index contributed by atoms with van der Waals surface area (Å²) in [6, 6.07) is 7.66. The Kier molecular flexibility index (Phi) is 10.5. The largest absolute Gasteiger partial charge is 0.381 e. The maximum absolute atomic E-state index is 11.9. The van der Waals surface area contributed by atoms with Crippen LogP contribution >= 0.6 is 35.7 Å². The molecule has 8 heteroatoms. The molecular weight excluding hydrogens is 475 g/mol. The van der Waals surface area contributed by atoms with Crippen molar-refractivity contribution in [1.29, 1.82) is 0 Å². The summed E-state index contributed by atoms with van der Waals surface area (Å²) in [4.78, 5) is 17.8. The number of amides is 1. The number of hydrogen-bond acceptors (Lipinski definition) is 4. The first-order valence-electron chi connectivity index (χ1n) is 8.88. The van der Waals surface area contributed by atoms with Gasteiger partial charge in [0.2, 0.25) is 0 Å². The van der Waals surface area contributed by atoms with E-state index in [0.717, 1.165) is 44.1 Å². The number of carbonyl (C=O) groups excluding carboxylic acids is 1. The van der Waals surface area contributed by atoms with Gasteiger partial charge in [0, 0.05) is 57.8 Å². The molecule has 1 heterocycles. The number of benzene rings is 1. The predicted molar refractivity (Wildman–Crippen MR) is 124 cm³/mol. The fourth-order valence-corrected chi connectivity index (χ4v) is 3.66. The molecule has 0 aromatic heterocycles. The van der Waals surface area contributed by atoms with Gasteiger partial charge in [0.05, 0.1) is 0 Å². The monoisotopic (exact) mass is 506 g/mol. The number of nitrogens with zero attached hydrogens (tertiary/aromatic N) is 2. The Morgan fingerprint density at radius 3 is 2.37 bits per heavy atom. The molecule has 152 valence electrons. The van der Waals surface area contributed by atoms with Gasteiger partial charge in [-0.3, -0.25) is 9.79 Å². The first-order valence-corrected chi connectivity index (χ1v) is 10.1. The Morgan fingerprint density at radius 2 is 1.85 bits per heavy atom. The molecule has 1 aliphatic rings. The Hall–Kier alpha value is -1.00. The molecule has 1 aromatic carbocycles. The van der Waals surface area contributed by atoms with Gasteiger partial charge < -0.3 is 20.3 Å². The van der Waals surface area contributed by atoms with Crippen molar-refractivity contribution in [3.8, 4) is 0 Å². The van der Waals surface area contributed by atoms with Crippen LogP contribution in [-0.2, 0) is 11.3 Å². The predicted octanol–water partition coefficient (Wildman–Crippen LogP) is 2.58. The Balaban J connectivity index is 0.00000364. The second-order valence-corrected chi connectivity index (χ2v) is 7.95. The number of thioether (sulfide) groups is 1. The van der Waals surface area contributed by atoms with Gasteiger partial charge in [-0.15, -0.1) is 24.0 Å². The standard InChI is InChI=1S/C19H30N4O2S.HI/c1-20-18(22-14-19(26-4)9-11-25-12-10-19)21-13-15-5-7-16(8-6-15)17(24)23(2)3;/h5-8H,9-14H2,1-4H3,(H2,20,21,22);1H. The SMILES string of the molecule is CN=C(NCc1ccc(C(=O)N(C)C)cc1)NCC1(SC)CCOCC1.I. The average molecular weight is 506 g/mol. The van der Waals surface area contributed by atoms with Gasteiger partial charge in [-0.05, 0) is 36.8 Å². The summed E-state index contributed by atoms with van der Waals surface area (Å²) in [6.45, 7) is 3.18. The molecule has 0 saturated carbocycles. The highest BCUT2D eigenvalue weighted by atomic mass is 127. The summed E-state index contributed by atoms with van der Waals surface area (Å²) >= 11 is 1.91. The molecule has 0 bridgehead atoms. The van der Waals surface area contributed by atoms with E-state index in [9.17, 15) is 4.79 Å². The van der Waals surface area contributed by atoms with Crippen LogP contribution in [0.3, 0.4) is 0 Å². The van der Waals surface area contributed by atoms with Crippen LogP contribution in [0.15, 0.2) is 29.3 Å². The molecule has 0 spiro atoms. The van der Waals surface area contributed by atoms with Gasteiger partial charge in [0.25, 0.3) is 5.91 Å². The zero-order valence-electron chi connectivity index (χ0n) is 16.6. The number of hydrogen-bond donors (Lipinski definition) is 2. The van der Waals surface area contributed by atoms with Crippen LogP contribution in [0.5, 0.6) is 0 Å². The van der Waals surface area contributed by atoms with E-state index in [1.54, 1.807) is 26.0 Å². The third kappa shape index (κ3) is 7.15. The molecule has 0 aliphatic carbocycles. The van der Waals surface area contributed by atoms with Crippen molar-refractivity contribution in [2.45, 2.75) is 24.1 Å². The third-order valence-electron chi connectivity index (χ3n) is 4.71. The number of ether oxygens (including phenoxy) is 1. The Labute approximate surface area is 183 Å². The fourth-order valence-electron chi connectivity index (χ4n) is 2.87. The minimum atomic E-state index is 0. The van der Waals surface area contributed by atoms with Gasteiger partial charge in [-0.2, -0.15) is 11.8 Å². The second kappa shape index (κ2) is 11.8. The van der Waals surface area contributed by atoms with E-state index in [4.69, 9.17) is 4.74 Å². The molecule has 0 unspecified atom stereocenters. The number of guanidine groups is 1. The van der Waals surface area contributed by atoms with Crippen LogP contribution in [0.2, 0.25) is 0 Å². The third-order valence-corrected chi connectivity index (χ3v) is 6.12. The number of carbonyl (C=O) groups is 1. The van der Waals surface area contributed by atoms with Gasteiger partial charge in [0.1, 0.15) is 0 Å². The van der Waals surface area contributed by atoms with E-state index in [1.807, 2.05) is 36.0 Å². The van der Waals surface area contributed by atoms with Crippen molar-refractivity contribution in [3.05, 3.63) is 35.4 Å². The maximum atomic E-state index is 11.9. The van der Waals surface area contributed by atoms with Gasteiger partial charge in [-0.1, -0.05) is 12.1 Å². The first-order chi connectivity index (χ1) is 12.5. The summed E-state index contributed by atoms with van der Waals surface area (Å²) in [7, 11) is 5.30. The van der Waals surface area contributed by atoms with Crippen molar-refractivity contribution in [2.24, 2.45) is 4.99 Å². The fraction of sp³-hybridized carbons (Fsp3) is 0.579. The highest BCUT2D eigenvalue weighted by Gasteiger charge is 2.31. The van der Waals surface area contributed by atoms with Gasteiger partial charge in [0.15, 0.2) is 5.96 Å². The van der Waals surface area contributed by atoms with E-state index in [1.165, 1.54) is 0 Å². The lowest BCUT2D eigenvalue weighted by atomic mass is 9.99. The molecule has 27 heavy (non-hydrogen) atoms. The molecule has 2 rings (SSSR count). The van der Waals surface area contributed by atoms with Crippen LogP contribution < -0.4 is 10.6 Å². The van der Waals surface area contributed by atoms with E-state index in [0.29, 0.717) is 12.1 Å². The molecular formula is C19H31IN4O2S. The number of rotatable bonds is 6. The summed E-state index contributed by atoms with van der Waals surface area (Å²) in [5, 5.41) is 6.79. The van der Waals surface area contributed by atoms with Crippen LogP contribution in [0.4, 0.5) is 0 Å². The maximum Gasteiger partial charge on any atom is 0.253 e. The summed E-state index contributed by atoms with van der Waals surface area (Å²) in [5.41, 5.74) is 1.80. The lowest BCUT2D eigenvalue weighted by Gasteiger charge is -2.36. The summed E-state index contributed by atoms with van der Waals surface area (Å²) < 4.78 is 5.70. The minimum absolute atomic E-state index is 0. The molecule has 6 nitrogen and oxygen atoms in total. The zero-order chi connectivity index (χ0) is 19.0. The van der Waals surface area contributed by atoms with Gasteiger partial charge in [-0.25, -0.2) is 0 Å². The molecule has 1 amide bonds. The van der Waals surface area contributed by atoms with Gasteiger partial charge >= 0.3 is 0 Å². The normalized spacial score (nSPS) is 16.2. The quantitative estimate of drug-likeness (QED) is 0.353. The topological polar surface area (TPSA) is 66.0 Å². The summed E-state index contributed by atoms with van der Waals surface area (Å²) in [6.07, 6.45) is 4.28. The van der Waals surface area contributed by atoms with Crippen molar-refractivity contribution in [3.63, 3.8) is 0 Å². The number of aliphatic imine (C=N–C) groups is 1. The minimum Gasteiger partial charge on any atom is -0.381 e. The summed E-state index contributed by atoms with van der Waals surface area (Å²) in [5.74, 6) is 0.805. The van der Waals surface area contributed by atoms with E-state index < -0.39 is 0 Å². The highest BCUT2D eigenvalue weighted by Crippen LogP contribution is 2.32. The van der Waals surface area contributed by atoms with E-state index in [2.05, 4.69) is 21.9 Å². The lowest BCUT2D eigenvalue weighted by Crippen LogP contribution is -2.47.